The Morgan fingerprint density at radius 3 is 1.66 bits per heavy atom. The van der Waals surface area contributed by atoms with Crippen molar-refractivity contribution in [2.24, 2.45) is 0 Å². The van der Waals surface area contributed by atoms with Crippen LogP contribution in [0.15, 0.2) is 182 Å². The van der Waals surface area contributed by atoms with Crippen LogP contribution in [-0.4, -0.2) is 72.0 Å². The lowest BCUT2D eigenvalue weighted by Crippen LogP contribution is -2.37. The molecular weight excluding hydrogens is 843 g/mol. The van der Waals surface area contributed by atoms with Gasteiger partial charge in [0.1, 0.15) is 23.7 Å². The van der Waals surface area contributed by atoms with Crippen LogP contribution in [0.4, 0.5) is 11.4 Å². The molecule has 0 atom stereocenters. The molecular formula is C59H55N5O4. The van der Waals surface area contributed by atoms with Crippen molar-refractivity contribution in [2.75, 3.05) is 43.9 Å². The van der Waals surface area contributed by atoms with E-state index in [4.69, 9.17) is 9.47 Å². The van der Waals surface area contributed by atoms with Crippen LogP contribution in [0.25, 0.3) is 44.3 Å². The van der Waals surface area contributed by atoms with Crippen LogP contribution in [0.2, 0.25) is 0 Å². The standard InChI is InChI=1S/C59H55N5O4/c1-63-35-30-52(31-36-63)67-50-25-16-44(17-26-50)42-14-23-49(24-15-42)62-59(66)56-11-5-4-10-55(56)54-9-3-2-7-47(54)40-64-37-32-53(33-38-64)68-51-27-18-43(19-28-51)41-12-21-48(22-13-41)61-58(65)46-20-29-57-45(39-46)8-6-34-60-57/h2-29,34,39,52-53H,30-33,35-38,40H2,1H3,(H,61,65)(H,62,66). The third-order valence-corrected chi connectivity index (χ3v) is 13.2. The van der Waals surface area contributed by atoms with E-state index in [1.165, 1.54) is 5.56 Å². The lowest BCUT2D eigenvalue weighted by molar-refractivity contribution is 0.0968. The normalized spacial score (nSPS) is 14.9. The number of carbonyl (C=O) groups is 2. The van der Waals surface area contributed by atoms with Gasteiger partial charge >= 0.3 is 0 Å². The summed E-state index contributed by atoms with van der Waals surface area (Å²) in [6, 6.07) is 58.1. The molecule has 68 heavy (non-hydrogen) atoms. The Balaban J connectivity index is 0.710. The summed E-state index contributed by atoms with van der Waals surface area (Å²) in [5, 5.41) is 7.10. The quantitative estimate of drug-likeness (QED) is 0.119. The van der Waals surface area contributed by atoms with E-state index in [2.05, 4.69) is 87.1 Å². The van der Waals surface area contributed by atoms with Gasteiger partial charge in [0.05, 0.1) is 5.52 Å². The molecule has 0 unspecified atom stereocenters. The molecule has 0 spiro atoms. The number of amides is 2. The van der Waals surface area contributed by atoms with E-state index in [1.807, 2.05) is 115 Å². The van der Waals surface area contributed by atoms with Gasteiger partial charge in [0.15, 0.2) is 0 Å². The minimum Gasteiger partial charge on any atom is -0.490 e. The summed E-state index contributed by atoms with van der Waals surface area (Å²) >= 11 is 0. The van der Waals surface area contributed by atoms with Crippen LogP contribution >= 0.6 is 0 Å². The van der Waals surface area contributed by atoms with Gasteiger partial charge in [-0.05, 0) is 151 Å². The summed E-state index contributed by atoms with van der Waals surface area (Å²) in [7, 11) is 2.16. The molecule has 7 aromatic carbocycles. The number of fused-ring (bicyclic) bond motifs is 1. The number of likely N-dealkylation sites (tertiary alicyclic amines) is 2. The van der Waals surface area contributed by atoms with E-state index in [9.17, 15) is 9.59 Å². The molecule has 3 heterocycles. The van der Waals surface area contributed by atoms with Gasteiger partial charge in [-0.2, -0.15) is 0 Å². The Bertz CT molecular complexity index is 2990. The minimum atomic E-state index is -0.158. The smallest absolute Gasteiger partial charge is 0.256 e. The maximum Gasteiger partial charge on any atom is 0.256 e. The van der Waals surface area contributed by atoms with Crippen molar-refractivity contribution in [1.82, 2.24) is 14.8 Å². The molecule has 2 amide bonds. The van der Waals surface area contributed by atoms with Crippen molar-refractivity contribution in [3.8, 4) is 44.9 Å². The summed E-state index contributed by atoms with van der Waals surface area (Å²) in [6.07, 6.45) is 6.09. The predicted molar refractivity (Wildman–Crippen MR) is 273 cm³/mol. The molecule has 0 saturated carbocycles. The van der Waals surface area contributed by atoms with Crippen molar-refractivity contribution < 1.29 is 19.1 Å². The summed E-state index contributed by atoms with van der Waals surface area (Å²) in [6.45, 7) is 4.74. The van der Waals surface area contributed by atoms with Gasteiger partial charge in [-0.3, -0.25) is 19.5 Å². The maximum atomic E-state index is 13.9. The number of aromatic nitrogens is 1. The monoisotopic (exact) mass is 897 g/mol. The third kappa shape index (κ3) is 10.7. The zero-order valence-corrected chi connectivity index (χ0v) is 38.3. The minimum absolute atomic E-state index is 0.126. The number of ether oxygens (including phenoxy) is 2. The lowest BCUT2D eigenvalue weighted by atomic mass is 9.94. The van der Waals surface area contributed by atoms with Crippen molar-refractivity contribution in [1.29, 1.82) is 0 Å². The van der Waals surface area contributed by atoms with Crippen LogP contribution in [0, 0.1) is 0 Å². The Labute approximate surface area is 398 Å². The molecule has 340 valence electrons. The number of hydrogen-bond donors (Lipinski definition) is 2. The van der Waals surface area contributed by atoms with Crippen molar-refractivity contribution in [3.05, 3.63) is 199 Å². The highest BCUT2D eigenvalue weighted by Crippen LogP contribution is 2.32. The van der Waals surface area contributed by atoms with Crippen LogP contribution in [-0.2, 0) is 6.54 Å². The largest absolute Gasteiger partial charge is 0.490 e. The highest BCUT2D eigenvalue weighted by atomic mass is 16.5. The van der Waals surface area contributed by atoms with Gasteiger partial charge < -0.3 is 25.0 Å². The van der Waals surface area contributed by atoms with E-state index in [1.54, 1.807) is 12.3 Å². The van der Waals surface area contributed by atoms with Gasteiger partial charge in [-0.15, -0.1) is 0 Å². The summed E-state index contributed by atoms with van der Waals surface area (Å²) in [4.78, 5) is 36.0. The molecule has 2 fully saturated rings. The van der Waals surface area contributed by atoms with Gasteiger partial charge in [-0.25, -0.2) is 0 Å². The predicted octanol–water partition coefficient (Wildman–Crippen LogP) is 12.3. The molecule has 2 aliphatic rings. The van der Waals surface area contributed by atoms with Crippen LogP contribution in [0.1, 0.15) is 52.0 Å². The molecule has 1 aromatic heterocycles. The highest BCUT2D eigenvalue weighted by Gasteiger charge is 2.23. The average molecular weight is 898 g/mol. The number of benzene rings is 7. The second-order valence-corrected chi connectivity index (χ2v) is 17.9. The zero-order chi connectivity index (χ0) is 46.2. The molecule has 9 heteroatoms. The molecule has 0 aliphatic carbocycles. The first-order valence-corrected chi connectivity index (χ1v) is 23.7. The second kappa shape index (κ2) is 20.5. The molecule has 10 rings (SSSR count). The molecule has 2 saturated heterocycles. The number of carbonyl (C=O) groups excluding carboxylic acids is 2. The fraction of sp³-hybridized carbons (Fsp3) is 0.203. The lowest BCUT2D eigenvalue weighted by Gasteiger charge is -2.32. The number of hydrogen-bond acceptors (Lipinski definition) is 7. The third-order valence-electron chi connectivity index (χ3n) is 13.2. The second-order valence-electron chi connectivity index (χ2n) is 17.9. The molecule has 9 nitrogen and oxygen atoms in total. The first kappa shape index (κ1) is 44.3. The van der Waals surface area contributed by atoms with E-state index < -0.39 is 0 Å². The summed E-state index contributed by atoms with van der Waals surface area (Å²) < 4.78 is 12.7. The number of pyridine rings is 1. The number of piperidine rings is 2. The van der Waals surface area contributed by atoms with Crippen molar-refractivity contribution in [2.45, 2.75) is 44.4 Å². The van der Waals surface area contributed by atoms with Gasteiger partial charge in [0.2, 0.25) is 0 Å². The molecule has 8 aromatic rings. The van der Waals surface area contributed by atoms with Gasteiger partial charge in [0.25, 0.3) is 11.8 Å². The number of anilines is 2. The topological polar surface area (TPSA) is 96.0 Å². The first-order chi connectivity index (χ1) is 33.4. The summed E-state index contributed by atoms with van der Waals surface area (Å²) in [5.41, 5.74) is 11.0. The molecule has 0 bridgehead atoms. The Morgan fingerprint density at radius 1 is 0.544 bits per heavy atom. The fourth-order valence-corrected chi connectivity index (χ4v) is 9.31. The summed E-state index contributed by atoms with van der Waals surface area (Å²) in [5.74, 6) is 1.47. The van der Waals surface area contributed by atoms with Gasteiger partial charge in [0, 0.05) is 66.8 Å². The first-order valence-electron chi connectivity index (χ1n) is 23.7. The Morgan fingerprint density at radius 2 is 1.06 bits per heavy atom. The van der Waals surface area contributed by atoms with Crippen LogP contribution in [0.3, 0.4) is 0 Å². The molecule has 2 aliphatic heterocycles. The van der Waals surface area contributed by atoms with Crippen molar-refractivity contribution in [3.63, 3.8) is 0 Å². The van der Waals surface area contributed by atoms with Gasteiger partial charge in [-0.1, -0.05) is 97.1 Å². The molecule has 0 radical (unpaired) electrons. The number of rotatable bonds is 13. The van der Waals surface area contributed by atoms with E-state index in [0.29, 0.717) is 11.1 Å². The number of nitrogens with zero attached hydrogens (tertiary/aromatic N) is 3. The fourth-order valence-electron chi connectivity index (χ4n) is 9.31. The Hall–Kier alpha value is -7.59. The van der Waals surface area contributed by atoms with Crippen LogP contribution < -0.4 is 20.1 Å². The van der Waals surface area contributed by atoms with Crippen molar-refractivity contribution >= 4 is 34.1 Å². The number of nitrogens with one attached hydrogen (secondary N) is 2. The van der Waals surface area contributed by atoms with E-state index >= 15 is 0 Å². The maximum absolute atomic E-state index is 13.9. The Kier molecular flexibility index (Phi) is 13.3. The van der Waals surface area contributed by atoms with E-state index in [-0.39, 0.29) is 24.0 Å². The van der Waals surface area contributed by atoms with Crippen LogP contribution in [0.5, 0.6) is 11.5 Å². The average Bonchev–Trinajstić information content (AvgIpc) is 3.38. The zero-order valence-electron chi connectivity index (χ0n) is 38.3. The SMILES string of the molecule is CN1CCC(Oc2ccc(-c3ccc(NC(=O)c4ccccc4-c4ccccc4CN4CCC(Oc5ccc(-c6ccc(NC(=O)c7ccc8ncccc8c7)cc6)cc5)CC4)cc3)cc2)CC1. The van der Waals surface area contributed by atoms with E-state index in [0.717, 1.165) is 126 Å². The molecule has 2 N–H and O–H groups in total. The highest BCUT2D eigenvalue weighted by molar-refractivity contribution is 6.09.